The maximum Gasteiger partial charge on any atom is 0.436 e. The van der Waals surface area contributed by atoms with Gasteiger partial charge in [0.25, 0.3) is 0 Å². The number of rotatable bonds is 2. The molecule has 0 saturated heterocycles. The minimum Gasteiger partial charge on any atom is -0.443 e. The molecular weight excluding hydrogens is 316 g/mol. The van der Waals surface area contributed by atoms with Crippen LogP contribution in [-0.4, -0.2) is 46.3 Å². The van der Waals surface area contributed by atoms with Gasteiger partial charge in [-0.3, -0.25) is 4.90 Å². The second-order valence-electron chi connectivity index (χ2n) is 7.10. The molecule has 0 aromatic carbocycles. The molecule has 0 rings (SSSR count). The number of carbonyl (C=O) groups is 2. The smallest absolute Gasteiger partial charge is 0.436 e. The number of hydrogen-bond acceptors (Lipinski definition) is 5. The molecule has 0 fully saturated rings. The molecule has 0 bridgehead atoms. The topological polar surface area (TPSA) is 68.2 Å². The number of hydrogen-bond donors (Lipinski definition) is 0. The third-order valence-corrected chi connectivity index (χ3v) is 2.71. The normalized spacial score (nSPS) is 12.6. The lowest BCUT2D eigenvalue weighted by Crippen LogP contribution is -2.41. The average Bonchev–Trinajstić information content (AvgIpc) is 2.28. The van der Waals surface area contributed by atoms with Gasteiger partial charge in [-0.05, 0) is 54.7 Å². The third kappa shape index (κ3) is 9.99. The van der Waals surface area contributed by atoms with E-state index in [9.17, 15) is 9.59 Å². The van der Waals surface area contributed by atoms with Crippen molar-refractivity contribution in [3.8, 4) is 0 Å². The molecule has 0 aliphatic rings. The molecule has 6 nitrogen and oxygen atoms in total. The van der Waals surface area contributed by atoms with E-state index in [1.807, 2.05) is 0 Å². The minimum atomic E-state index is -0.753. The Morgan fingerprint density at radius 3 is 1.91 bits per heavy atom. The van der Waals surface area contributed by atoms with E-state index in [1.165, 1.54) is 4.90 Å². The highest BCUT2D eigenvalue weighted by molar-refractivity contribution is 8.13. The summed E-state index contributed by atoms with van der Waals surface area (Å²) in [5.41, 5.74) is -0.573. The van der Waals surface area contributed by atoms with E-state index in [2.05, 4.69) is 11.6 Å². The zero-order valence-electron chi connectivity index (χ0n) is 15.3. The Bertz CT molecular complexity index is 487. The summed E-state index contributed by atoms with van der Waals surface area (Å²) in [5.74, 6) is 0. The SMILES string of the molecule is C=C(C)CN(C(=O)OC(C)(C)C)/C(=N/C(=O)OC(C)(C)C)SC. The van der Waals surface area contributed by atoms with E-state index < -0.39 is 23.4 Å². The fraction of sp³-hybridized carbons (Fsp3) is 0.688. The van der Waals surface area contributed by atoms with Crippen molar-refractivity contribution in [2.75, 3.05) is 12.8 Å². The number of amides is 2. The van der Waals surface area contributed by atoms with Gasteiger partial charge < -0.3 is 9.47 Å². The Kier molecular flexibility index (Phi) is 7.83. The van der Waals surface area contributed by atoms with Gasteiger partial charge in [-0.15, -0.1) is 0 Å². The molecule has 0 atom stereocenters. The number of carbonyl (C=O) groups excluding carboxylic acids is 2. The third-order valence-electron chi connectivity index (χ3n) is 2.04. The Balaban J connectivity index is 5.43. The zero-order valence-corrected chi connectivity index (χ0v) is 16.2. The molecule has 0 aromatic heterocycles. The van der Waals surface area contributed by atoms with Gasteiger partial charge in [-0.1, -0.05) is 23.9 Å². The highest BCUT2D eigenvalue weighted by Crippen LogP contribution is 2.16. The van der Waals surface area contributed by atoms with Crippen molar-refractivity contribution < 1.29 is 19.1 Å². The summed E-state index contributed by atoms with van der Waals surface area (Å²) in [4.78, 5) is 29.4. The van der Waals surface area contributed by atoms with Gasteiger partial charge in [0, 0.05) is 0 Å². The summed E-state index contributed by atoms with van der Waals surface area (Å²) >= 11 is 1.16. The van der Waals surface area contributed by atoms with Crippen LogP contribution in [0.25, 0.3) is 0 Å². The predicted molar refractivity (Wildman–Crippen MR) is 94.9 cm³/mol. The lowest BCUT2D eigenvalue weighted by Gasteiger charge is -2.27. The van der Waals surface area contributed by atoms with E-state index in [0.29, 0.717) is 0 Å². The second kappa shape index (κ2) is 8.38. The highest BCUT2D eigenvalue weighted by Gasteiger charge is 2.27. The van der Waals surface area contributed by atoms with Crippen LogP contribution in [0, 0.1) is 0 Å². The van der Waals surface area contributed by atoms with Gasteiger partial charge in [0.05, 0.1) is 6.54 Å². The maximum atomic E-state index is 12.4. The molecule has 2 amide bonds. The van der Waals surface area contributed by atoms with Crippen LogP contribution in [0.5, 0.6) is 0 Å². The van der Waals surface area contributed by atoms with Crippen molar-refractivity contribution in [1.82, 2.24) is 4.90 Å². The molecule has 7 heteroatoms. The first-order valence-electron chi connectivity index (χ1n) is 7.25. The lowest BCUT2D eigenvalue weighted by molar-refractivity contribution is 0.0384. The number of aliphatic imine (C=N–C) groups is 1. The van der Waals surface area contributed by atoms with Gasteiger partial charge in [0.1, 0.15) is 11.2 Å². The van der Waals surface area contributed by atoms with E-state index >= 15 is 0 Å². The van der Waals surface area contributed by atoms with Gasteiger partial charge in [0.15, 0.2) is 5.17 Å². The predicted octanol–water partition coefficient (Wildman–Crippen LogP) is 4.45. The zero-order chi connectivity index (χ0) is 18.4. The number of nitrogens with zero attached hydrogens (tertiary/aromatic N) is 2. The summed E-state index contributed by atoms with van der Waals surface area (Å²) in [6, 6.07) is 0. The summed E-state index contributed by atoms with van der Waals surface area (Å²) in [6.07, 6.45) is 0.383. The van der Waals surface area contributed by atoms with Crippen LogP contribution >= 0.6 is 11.8 Å². The van der Waals surface area contributed by atoms with Crippen LogP contribution in [0.4, 0.5) is 9.59 Å². The Hall–Kier alpha value is -1.50. The molecule has 0 radical (unpaired) electrons. The molecule has 0 aromatic rings. The molecule has 0 spiro atoms. The van der Waals surface area contributed by atoms with Crippen LogP contribution < -0.4 is 0 Å². The lowest BCUT2D eigenvalue weighted by atomic mass is 10.2. The largest absolute Gasteiger partial charge is 0.443 e. The van der Waals surface area contributed by atoms with Crippen LogP contribution in [0.2, 0.25) is 0 Å². The molecule has 0 N–H and O–H groups in total. The fourth-order valence-corrected chi connectivity index (χ4v) is 1.90. The first-order valence-corrected chi connectivity index (χ1v) is 8.48. The Morgan fingerprint density at radius 1 is 1.09 bits per heavy atom. The summed E-state index contributed by atoms with van der Waals surface area (Å²) in [5, 5.41) is 0.205. The molecule has 23 heavy (non-hydrogen) atoms. The first-order chi connectivity index (χ1) is 10.2. The van der Waals surface area contributed by atoms with Crippen molar-refractivity contribution in [3.05, 3.63) is 12.2 Å². The van der Waals surface area contributed by atoms with Crippen molar-refractivity contribution >= 4 is 29.1 Å². The van der Waals surface area contributed by atoms with Gasteiger partial charge in [-0.25, -0.2) is 9.59 Å². The van der Waals surface area contributed by atoms with Crippen molar-refractivity contribution in [3.63, 3.8) is 0 Å². The quantitative estimate of drug-likeness (QED) is 0.420. The summed E-state index contributed by atoms with van der Waals surface area (Å²) in [7, 11) is 0. The number of ether oxygens (including phenoxy) is 2. The number of amidine groups is 1. The average molecular weight is 344 g/mol. The van der Waals surface area contributed by atoms with Crippen molar-refractivity contribution in [2.24, 2.45) is 4.99 Å². The fourth-order valence-electron chi connectivity index (χ4n) is 1.38. The van der Waals surface area contributed by atoms with Gasteiger partial charge in [-0.2, -0.15) is 4.99 Å². The molecular formula is C16H28N2O4S. The van der Waals surface area contributed by atoms with E-state index in [-0.39, 0.29) is 11.7 Å². The Morgan fingerprint density at radius 2 is 1.57 bits per heavy atom. The van der Waals surface area contributed by atoms with E-state index in [4.69, 9.17) is 9.47 Å². The molecule has 0 aliphatic heterocycles. The molecule has 132 valence electrons. The summed E-state index contributed by atoms with van der Waals surface area (Å²) in [6.45, 7) is 16.3. The Labute approximate surface area is 143 Å². The van der Waals surface area contributed by atoms with Crippen LogP contribution in [0.15, 0.2) is 17.1 Å². The minimum absolute atomic E-state index is 0.205. The standard InChI is InChI=1S/C16H28N2O4S/c1-11(2)10-18(14(20)22-16(6,7)8)12(23-9)17-13(19)21-15(3,4)5/h1,10H2,2-9H3/b17-12-. The molecule has 0 saturated carbocycles. The molecule has 0 unspecified atom stereocenters. The van der Waals surface area contributed by atoms with Gasteiger partial charge in [0.2, 0.25) is 0 Å². The number of thioether (sulfide) groups is 1. The van der Waals surface area contributed by atoms with Gasteiger partial charge >= 0.3 is 12.2 Å². The molecule has 0 heterocycles. The maximum absolute atomic E-state index is 12.4. The van der Waals surface area contributed by atoms with Crippen molar-refractivity contribution in [2.45, 2.75) is 59.7 Å². The first kappa shape index (κ1) is 21.5. The van der Waals surface area contributed by atoms with E-state index in [0.717, 1.165) is 17.3 Å². The summed E-state index contributed by atoms with van der Waals surface area (Å²) < 4.78 is 10.5. The van der Waals surface area contributed by atoms with Crippen molar-refractivity contribution in [1.29, 1.82) is 0 Å². The second-order valence-corrected chi connectivity index (χ2v) is 7.88. The molecule has 0 aliphatic carbocycles. The van der Waals surface area contributed by atoms with E-state index in [1.54, 1.807) is 54.7 Å². The monoisotopic (exact) mass is 344 g/mol. The van der Waals surface area contributed by atoms with Crippen LogP contribution in [0.3, 0.4) is 0 Å². The van der Waals surface area contributed by atoms with Crippen LogP contribution in [0.1, 0.15) is 48.5 Å². The highest BCUT2D eigenvalue weighted by atomic mass is 32.2. The van der Waals surface area contributed by atoms with Crippen LogP contribution in [-0.2, 0) is 9.47 Å².